The number of methoxy groups -OCH3 is 1. The Kier molecular flexibility index (Phi) is 9.08. The topological polar surface area (TPSA) is 48.9 Å². The lowest BCUT2D eigenvalue weighted by atomic mass is 9.83. The molecule has 5 heteroatoms. The van der Waals surface area contributed by atoms with Gasteiger partial charge in [0.15, 0.2) is 5.96 Å². The van der Waals surface area contributed by atoms with E-state index in [1.807, 2.05) is 0 Å². The molecule has 0 spiro atoms. The molecule has 27 heavy (non-hydrogen) atoms. The zero-order chi connectivity index (χ0) is 19.5. The number of hydrogen-bond donors (Lipinski definition) is 2. The Bertz CT molecular complexity index is 579. The van der Waals surface area contributed by atoms with Crippen molar-refractivity contribution in [1.29, 1.82) is 0 Å². The SMILES string of the molecule is CCNC(=NCc1ccccc1CN(C)C)NCC1(CCOC)CCCC1. The van der Waals surface area contributed by atoms with Crippen molar-refractivity contribution < 1.29 is 4.74 Å². The smallest absolute Gasteiger partial charge is 0.191 e. The summed E-state index contributed by atoms with van der Waals surface area (Å²) in [6.07, 6.45) is 6.36. The number of nitrogens with zero attached hydrogens (tertiary/aromatic N) is 2. The van der Waals surface area contributed by atoms with Crippen molar-refractivity contribution in [2.75, 3.05) is 40.9 Å². The maximum absolute atomic E-state index is 5.36. The summed E-state index contributed by atoms with van der Waals surface area (Å²) >= 11 is 0. The van der Waals surface area contributed by atoms with E-state index < -0.39 is 0 Å². The quantitative estimate of drug-likeness (QED) is 0.487. The molecule has 5 nitrogen and oxygen atoms in total. The van der Waals surface area contributed by atoms with Crippen LogP contribution in [-0.2, 0) is 17.8 Å². The second-order valence-corrected chi connectivity index (χ2v) is 8.01. The minimum Gasteiger partial charge on any atom is -0.385 e. The van der Waals surface area contributed by atoms with E-state index in [1.54, 1.807) is 7.11 Å². The summed E-state index contributed by atoms with van der Waals surface area (Å²) in [4.78, 5) is 7.07. The highest BCUT2D eigenvalue weighted by atomic mass is 16.5. The molecule has 1 saturated carbocycles. The van der Waals surface area contributed by atoms with E-state index in [4.69, 9.17) is 9.73 Å². The van der Waals surface area contributed by atoms with Crippen LogP contribution in [0.25, 0.3) is 0 Å². The molecular weight excluding hydrogens is 336 g/mol. The van der Waals surface area contributed by atoms with Crippen LogP contribution in [0.1, 0.15) is 50.2 Å². The Labute approximate surface area is 165 Å². The minimum absolute atomic E-state index is 0.356. The number of aliphatic imine (C=N–C) groups is 1. The highest BCUT2D eigenvalue weighted by Gasteiger charge is 2.33. The Balaban J connectivity index is 2.02. The zero-order valence-electron chi connectivity index (χ0n) is 17.7. The monoisotopic (exact) mass is 374 g/mol. The molecule has 1 aromatic rings. The molecule has 0 heterocycles. The van der Waals surface area contributed by atoms with Crippen LogP contribution in [0, 0.1) is 5.41 Å². The van der Waals surface area contributed by atoms with Gasteiger partial charge < -0.3 is 20.3 Å². The fraction of sp³-hybridized carbons (Fsp3) is 0.682. The molecule has 0 unspecified atom stereocenters. The molecule has 1 aliphatic rings. The third-order valence-corrected chi connectivity index (χ3v) is 5.49. The fourth-order valence-corrected chi connectivity index (χ4v) is 3.94. The fourth-order valence-electron chi connectivity index (χ4n) is 3.94. The maximum Gasteiger partial charge on any atom is 0.191 e. The van der Waals surface area contributed by atoms with Gasteiger partial charge >= 0.3 is 0 Å². The van der Waals surface area contributed by atoms with Gasteiger partial charge in [0.2, 0.25) is 0 Å². The van der Waals surface area contributed by atoms with Crippen molar-refractivity contribution >= 4 is 5.96 Å². The van der Waals surface area contributed by atoms with Gasteiger partial charge in [0, 0.05) is 33.4 Å². The Morgan fingerprint density at radius 2 is 1.85 bits per heavy atom. The maximum atomic E-state index is 5.36. The predicted molar refractivity (Wildman–Crippen MR) is 114 cm³/mol. The molecule has 2 rings (SSSR count). The van der Waals surface area contributed by atoms with Gasteiger partial charge in [-0.05, 0) is 56.8 Å². The lowest BCUT2D eigenvalue weighted by Gasteiger charge is -2.30. The van der Waals surface area contributed by atoms with E-state index in [0.717, 1.165) is 38.6 Å². The summed E-state index contributed by atoms with van der Waals surface area (Å²) in [7, 11) is 6.01. The lowest BCUT2D eigenvalue weighted by molar-refractivity contribution is 0.138. The van der Waals surface area contributed by atoms with Gasteiger partial charge in [0.05, 0.1) is 6.54 Å². The highest BCUT2D eigenvalue weighted by Crippen LogP contribution is 2.40. The van der Waals surface area contributed by atoms with Gasteiger partial charge in [0.25, 0.3) is 0 Å². The molecule has 1 fully saturated rings. The number of guanidine groups is 1. The summed E-state index contributed by atoms with van der Waals surface area (Å²) < 4.78 is 5.36. The van der Waals surface area contributed by atoms with E-state index in [1.165, 1.54) is 36.8 Å². The molecule has 0 bridgehead atoms. The lowest BCUT2D eigenvalue weighted by Crippen LogP contribution is -2.43. The Hall–Kier alpha value is -1.59. The van der Waals surface area contributed by atoms with Crippen LogP contribution >= 0.6 is 0 Å². The van der Waals surface area contributed by atoms with E-state index >= 15 is 0 Å². The normalized spacial score (nSPS) is 16.7. The largest absolute Gasteiger partial charge is 0.385 e. The van der Waals surface area contributed by atoms with Crippen molar-refractivity contribution in [3.8, 4) is 0 Å². The van der Waals surface area contributed by atoms with Gasteiger partial charge in [-0.15, -0.1) is 0 Å². The third-order valence-electron chi connectivity index (χ3n) is 5.49. The Morgan fingerprint density at radius 1 is 1.15 bits per heavy atom. The van der Waals surface area contributed by atoms with Crippen molar-refractivity contribution in [3.63, 3.8) is 0 Å². The first-order valence-electron chi connectivity index (χ1n) is 10.3. The number of hydrogen-bond acceptors (Lipinski definition) is 3. The summed E-state index contributed by atoms with van der Waals surface area (Å²) in [6, 6.07) is 8.59. The van der Waals surface area contributed by atoms with E-state index in [9.17, 15) is 0 Å². The summed E-state index contributed by atoms with van der Waals surface area (Å²) in [5.74, 6) is 0.917. The van der Waals surface area contributed by atoms with Gasteiger partial charge in [-0.3, -0.25) is 0 Å². The van der Waals surface area contributed by atoms with Crippen molar-refractivity contribution in [2.45, 2.75) is 52.1 Å². The first-order valence-corrected chi connectivity index (χ1v) is 10.3. The number of nitrogens with one attached hydrogen (secondary N) is 2. The van der Waals surface area contributed by atoms with Gasteiger partial charge in [0.1, 0.15) is 0 Å². The van der Waals surface area contributed by atoms with Gasteiger partial charge in [-0.2, -0.15) is 0 Å². The predicted octanol–water partition coefficient (Wildman–Crippen LogP) is 3.40. The first kappa shape index (κ1) is 21.7. The second-order valence-electron chi connectivity index (χ2n) is 8.01. The molecule has 1 aliphatic carbocycles. The number of benzene rings is 1. The summed E-state index contributed by atoms with van der Waals surface area (Å²) in [5, 5.41) is 7.02. The standard InChI is InChI=1S/C22H38N4O/c1-5-23-21(25-18-22(14-15-27-4)12-8-9-13-22)24-16-19-10-6-7-11-20(19)17-26(2)3/h6-7,10-11H,5,8-9,12-18H2,1-4H3,(H2,23,24,25). The molecule has 0 amide bonds. The van der Waals surface area contributed by atoms with Gasteiger partial charge in [-0.1, -0.05) is 37.1 Å². The molecule has 0 aromatic heterocycles. The first-order chi connectivity index (χ1) is 13.1. The van der Waals surface area contributed by atoms with Crippen LogP contribution in [0.15, 0.2) is 29.3 Å². The van der Waals surface area contributed by atoms with E-state index in [-0.39, 0.29) is 0 Å². The van der Waals surface area contributed by atoms with Crippen LogP contribution in [0.4, 0.5) is 0 Å². The minimum atomic E-state index is 0.356. The van der Waals surface area contributed by atoms with Crippen LogP contribution in [-0.4, -0.2) is 51.8 Å². The second kappa shape index (κ2) is 11.3. The molecule has 2 N–H and O–H groups in total. The highest BCUT2D eigenvalue weighted by molar-refractivity contribution is 5.79. The molecule has 1 aromatic carbocycles. The van der Waals surface area contributed by atoms with Crippen LogP contribution < -0.4 is 10.6 Å². The van der Waals surface area contributed by atoms with Crippen LogP contribution in [0.5, 0.6) is 0 Å². The van der Waals surface area contributed by atoms with E-state index in [0.29, 0.717) is 12.0 Å². The molecule has 0 saturated heterocycles. The van der Waals surface area contributed by atoms with Crippen molar-refractivity contribution in [3.05, 3.63) is 35.4 Å². The Morgan fingerprint density at radius 3 is 2.48 bits per heavy atom. The molecule has 152 valence electrons. The van der Waals surface area contributed by atoms with Crippen molar-refractivity contribution in [1.82, 2.24) is 15.5 Å². The third kappa shape index (κ3) is 7.15. The molecular formula is C22H38N4O. The van der Waals surface area contributed by atoms with Gasteiger partial charge in [-0.25, -0.2) is 4.99 Å². The zero-order valence-corrected chi connectivity index (χ0v) is 17.7. The van der Waals surface area contributed by atoms with E-state index in [2.05, 4.69) is 60.8 Å². The average Bonchev–Trinajstić information content (AvgIpc) is 3.12. The van der Waals surface area contributed by atoms with Crippen molar-refractivity contribution in [2.24, 2.45) is 10.4 Å². The summed E-state index contributed by atoms with van der Waals surface area (Å²) in [6.45, 7) is 6.44. The molecule has 0 radical (unpaired) electrons. The molecule has 0 aliphatic heterocycles. The summed E-state index contributed by atoms with van der Waals surface area (Å²) in [5.41, 5.74) is 2.99. The number of ether oxygens (including phenoxy) is 1. The van der Waals surface area contributed by atoms with Crippen LogP contribution in [0.3, 0.4) is 0 Å². The average molecular weight is 375 g/mol. The number of rotatable bonds is 10. The van der Waals surface area contributed by atoms with Crippen LogP contribution in [0.2, 0.25) is 0 Å². The molecule has 0 atom stereocenters.